The average molecular weight is 441 g/mol. The lowest BCUT2D eigenvalue weighted by atomic mass is 10.2. The summed E-state index contributed by atoms with van der Waals surface area (Å²) in [5.41, 5.74) is 1.49. The first-order valence-electron chi connectivity index (χ1n) is 9.74. The van der Waals surface area contributed by atoms with Crippen molar-refractivity contribution >= 4 is 43.3 Å². The fourth-order valence-corrected chi connectivity index (χ4v) is 6.45. The Morgan fingerprint density at radius 3 is 2.80 bits per heavy atom. The predicted molar refractivity (Wildman–Crippen MR) is 116 cm³/mol. The summed E-state index contributed by atoms with van der Waals surface area (Å²) in [6.45, 7) is 0.735. The van der Waals surface area contributed by atoms with E-state index in [1.165, 1.54) is 0 Å². The molecule has 154 valence electrons. The number of carbonyl (C=O) groups is 1. The Bertz CT molecular complexity index is 1250. The van der Waals surface area contributed by atoms with Gasteiger partial charge in [-0.15, -0.1) is 15.7 Å². The standard InChI is InChI=1S/C21H20N4O3S2/c1-24(20-14-7-2-5-11-18(14)30(27,28)23-20)13-19(26)25-12-6-9-16(25)21-22-15-8-3-4-10-17(15)29-21/h2-5,7-8,10-11,16H,6,9,12-13H2,1H3/t16-/m0/s1. The van der Waals surface area contributed by atoms with E-state index in [0.717, 1.165) is 28.1 Å². The molecule has 1 fully saturated rings. The van der Waals surface area contributed by atoms with Gasteiger partial charge in [-0.2, -0.15) is 8.42 Å². The molecule has 2 aliphatic rings. The van der Waals surface area contributed by atoms with Crippen LogP contribution in [-0.4, -0.2) is 55.1 Å². The van der Waals surface area contributed by atoms with Gasteiger partial charge in [-0.25, -0.2) is 4.98 Å². The molecule has 1 atom stereocenters. The smallest absolute Gasteiger partial charge is 0.285 e. The Kier molecular flexibility index (Phi) is 4.59. The van der Waals surface area contributed by atoms with Crippen LogP contribution in [0.3, 0.4) is 0 Å². The van der Waals surface area contributed by atoms with Crippen LogP contribution in [0.5, 0.6) is 0 Å². The maximum absolute atomic E-state index is 13.1. The molecule has 2 aliphatic heterocycles. The highest BCUT2D eigenvalue weighted by Gasteiger charge is 2.35. The third-order valence-corrected chi connectivity index (χ3v) is 7.98. The highest BCUT2D eigenvalue weighted by atomic mass is 32.2. The van der Waals surface area contributed by atoms with Crippen molar-refractivity contribution in [2.75, 3.05) is 20.1 Å². The molecule has 1 aromatic heterocycles. The Balaban J connectivity index is 1.37. The van der Waals surface area contributed by atoms with Gasteiger partial charge in [0.25, 0.3) is 10.0 Å². The predicted octanol–water partition coefficient (Wildman–Crippen LogP) is 3.04. The van der Waals surface area contributed by atoms with Crippen LogP contribution in [0.25, 0.3) is 10.2 Å². The van der Waals surface area contributed by atoms with E-state index in [0.29, 0.717) is 17.9 Å². The highest BCUT2D eigenvalue weighted by Crippen LogP contribution is 2.36. The largest absolute Gasteiger partial charge is 0.349 e. The van der Waals surface area contributed by atoms with Crippen LogP contribution in [0.4, 0.5) is 0 Å². The molecule has 0 aliphatic carbocycles. The summed E-state index contributed by atoms with van der Waals surface area (Å²) in [5, 5.41) is 0.954. The van der Waals surface area contributed by atoms with Crippen LogP contribution in [0.2, 0.25) is 0 Å². The van der Waals surface area contributed by atoms with Crippen LogP contribution in [0, 0.1) is 0 Å². The van der Waals surface area contributed by atoms with Gasteiger partial charge in [-0.3, -0.25) is 4.79 Å². The first kappa shape index (κ1) is 19.2. The fraction of sp³-hybridized carbons (Fsp3) is 0.286. The number of rotatable bonds is 3. The molecule has 0 N–H and O–H groups in total. The quantitative estimate of drug-likeness (QED) is 0.625. The Labute approximate surface area is 178 Å². The summed E-state index contributed by atoms with van der Waals surface area (Å²) in [4.78, 5) is 21.6. The summed E-state index contributed by atoms with van der Waals surface area (Å²) in [6.07, 6.45) is 1.81. The van der Waals surface area contributed by atoms with Crippen LogP contribution in [0.15, 0.2) is 57.8 Å². The van der Waals surface area contributed by atoms with Crippen LogP contribution < -0.4 is 0 Å². The number of likely N-dealkylation sites (N-methyl/N-ethyl adjacent to an activating group) is 1. The molecule has 0 radical (unpaired) electrons. The minimum absolute atomic E-state index is 0.0372. The number of hydrogen-bond acceptors (Lipinski definition) is 6. The number of benzene rings is 2. The van der Waals surface area contributed by atoms with E-state index in [-0.39, 0.29) is 23.4 Å². The van der Waals surface area contributed by atoms with Gasteiger partial charge in [0.05, 0.1) is 22.8 Å². The topological polar surface area (TPSA) is 82.9 Å². The number of sulfonamides is 1. The third kappa shape index (κ3) is 3.18. The van der Waals surface area contributed by atoms with E-state index in [1.54, 1.807) is 47.5 Å². The van der Waals surface area contributed by atoms with E-state index < -0.39 is 10.0 Å². The maximum Gasteiger partial charge on any atom is 0.285 e. The molecule has 0 saturated carbocycles. The summed E-state index contributed by atoms with van der Waals surface area (Å²) in [7, 11) is -2.00. The van der Waals surface area contributed by atoms with Crippen molar-refractivity contribution in [3.05, 3.63) is 59.1 Å². The van der Waals surface area contributed by atoms with E-state index >= 15 is 0 Å². The molecule has 0 spiro atoms. The zero-order valence-electron chi connectivity index (χ0n) is 16.4. The van der Waals surface area contributed by atoms with Crippen molar-refractivity contribution < 1.29 is 13.2 Å². The minimum atomic E-state index is -3.71. The Morgan fingerprint density at radius 1 is 1.20 bits per heavy atom. The molecule has 2 aromatic carbocycles. The van der Waals surface area contributed by atoms with E-state index in [2.05, 4.69) is 4.40 Å². The number of amidine groups is 1. The fourth-order valence-electron chi connectivity index (χ4n) is 4.09. The summed E-state index contributed by atoms with van der Waals surface area (Å²) in [6, 6.07) is 14.7. The number of fused-ring (bicyclic) bond motifs is 2. The van der Waals surface area contributed by atoms with Crippen molar-refractivity contribution in [3.8, 4) is 0 Å². The van der Waals surface area contributed by atoms with Crippen molar-refractivity contribution in [2.45, 2.75) is 23.8 Å². The van der Waals surface area contributed by atoms with Crippen LogP contribution in [0.1, 0.15) is 29.5 Å². The number of amides is 1. The first-order chi connectivity index (χ1) is 14.4. The van der Waals surface area contributed by atoms with Gasteiger partial charge in [0.15, 0.2) is 5.84 Å². The molecule has 7 nitrogen and oxygen atoms in total. The summed E-state index contributed by atoms with van der Waals surface area (Å²) >= 11 is 1.63. The van der Waals surface area contributed by atoms with Gasteiger partial charge in [-0.05, 0) is 37.1 Å². The van der Waals surface area contributed by atoms with Crippen molar-refractivity contribution in [1.29, 1.82) is 0 Å². The molecule has 3 heterocycles. The lowest BCUT2D eigenvalue weighted by molar-refractivity contribution is -0.132. The third-order valence-electron chi connectivity index (χ3n) is 5.52. The van der Waals surface area contributed by atoms with E-state index in [4.69, 9.17) is 4.98 Å². The summed E-state index contributed by atoms with van der Waals surface area (Å²) in [5.74, 6) is 0.262. The monoisotopic (exact) mass is 440 g/mol. The number of aromatic nitrogens is 1. The number of para-hydroxylation sites is 1. The number of nitrogens with zero attached hydrogens (tertiary/aromatic N) is 4. The van der Waals surface area contributed by atoms with Crippen molar-refractivity contribution in [3.63, 3.8) is 0 Å². The van der Waals surface area contributed by atoms with Crippen LogP contribution in [-0.2, 0) is 14.8 Å². The Hall–Kier alpha value is -2.78. The molecule has 1 amide bonds. The molecular weight excluding hydrogens is 420 g/mol. The number of hydrogen-bond donors (Lipinski definition) is 0. The van der Waals surface area contributed by atoms with Gasteiger partial charge in [0, 0.05) is 19.2 Å². The average Bonchev–Trinajstić information content (AvgIpc) is 3.43. The zero-order valence-corrected chi connectivity index (χ0v) is 18.0. The molecule has 1 saturated heterocycles. The van der Waals surface area contributed by atoms with Gasteiger partial charge in [0.2, 0.25) is 5.91 Å². The normalized spacial score (nSPS) is 19.7. The second kappa shape index (κ2) is 7.17. The lowest BCUT2D eigenvalue weighted by Gasteiger charge is -2.26. The molecular formula is C21H20N4O3S2. The van der Waals surface area contributed by atoms with Crippen molar-refractivity contribution in [1.82, 2.24) is 14.8 Å². The number of likely N-dealkylation sites (tertiary alicyclic amines) is 1. The zero-order chi connectivity index (χ0) is 20.9. The Morgan fingerprint density at radius 2 is 1.97 bits per heavy atom. The van der Waals surface area contributed by atoms with E-state index in [1.807, 2.05) is 29.2 Å². The second-order valence-electron chi connectivity index (χ2n) is 7.51. The lowest BCUT2D eigenvalue weighted by Crippen LogP contribution is -2.40. The molecule has 3 aromatic rings. The van der Waals surface area contributed by atoms with Crippen LogP contribution >= 0.6 is 11.3 Å². The maximum atomic E-state index is 13.1. The van der Waals surface area contributed by atoms with Crippen molar-refractivity contribution in [2.24, 2.45) is 4.40 Å². The molecule has 0 unspecified atom stereocenters. The van der Waals surface area contributed by atoms with Gasteiger partial charge in [-0.1, -0.05) is 24.3 Å². The first-order valence-corrected chi connectivity index (χ1v) is 12.0. The molecule has 5 rings (SSSR count). The minimum Gasteiger partial charge on any atom is -0.349 e. The SMILES string of the molecule is CN(CC(=O)N1CCC[C@H]1c1nc2ccccc2s1)C1=NS(=O)(=O)c2ccccc21. The highest BCUT2D eigenvalue weighted by molar-refractivity contribution is 7.90. The molecule has 9 heteroatoms. The molecule has 30 heavy (non-hydrogen) atoms. The summed E-state index contributed by atoms with van der Waals surface area (Å²) < 4.78 is 29.7. The molecule has 0 bridgehead atoms. The van der Waals surface area contributed by atoms with E-state index in [9.17, 15) is 13.2 Å². The van der Waals surface area contributed by atoms with Gasteiger partial charge < -0.3 is 9.80 Å². The number of thiazole rings is 1. The van der Waals surface area contributed by atoms with Gasteiger partial charge in [0.1, 0.15) is 9.90 Å². The second-order valence-corrected chi connectivity index (χ2v) is 10.1. The van der Waals surface area contributed by atoms with Gasteiger partial charge >= 0.3 is 0 Å². The number of carbonyl (C=O) groups excluding carboxylic acids is 1.